The van der Waals surface area contributed by atoms with Gasteiger partial charge >= 0.3 is 0 Å². The summed E-state index contributed by atoms with van der Waals surface area (Å²) in [7, 11) is 0. The van der Waals surface area contributed by atoms with E-state index in [4.69, 9.17) is 4.52 Å². The lowest BCUT2D eigenvalue weighted by Gasteiger charge is -2.15. The topological polar surface area (TPSA) is 94.1 Å². The molecule has 3 unspecified atom stereocenters. The normalized spacial score (nSPS) is 27.1. The Morgan fingerprint density at radius 2 is 2.10 bits per heavy atom. The molecule has 0 saturated carbocycles. The third-order valence-electron chi connectivity index (χ3n) is 4.40. The number of hydrogen-bond acceptors (Lipinski definition) is 6. The van der Waals surface area contributed by atoms with Gasteiger partial charge < -0.3 is 9.84 Å². The summed E-state index contributed by atoms with van der Waals surface area (Å²) in [5.74, 6) is 1.45. The molecule has 2 saturated heterocycles. The molecule has 2 aliphatic rings. The minimum absolute atomic E-state index is 0.0553. The van der Waals surface area contributed by atoms with Crippen molar-refractivity contribution < 1.29 is 9.45 Å². The van der Waals surface area contributed by atoms with E-state index in [1.165, 1.54) is 18.6 Å². The summed E-state index contributed by atoms with van der Waals surface area (Å²) in [4.78, 5) is 14.7. The van der Waals surface area contributed by atoms with E-state index in [2.05, 4.69) is 15.5 Å². The smallest absolute Gasteiger partial charge is 0.269 e. The van der Waals surface area contributed by atoms with Crippen molar-refractivity contribution in [3.8, 4) is 11.4 Å². The Hall–Kier alpha value is -2.28. The van der Waals surface area contributed by atoms with Crippen molar-refractivity contribution in [1.29, 1.82) is 0 Å². The second-order valence-corrected chi connectivity index (χ2v) is 5.65. The molecule has 3 heterocycles. The van der Waals surface area contributed by atoms with Crippen LogP contribution in [-0.4, -0.2) is 27.1 Å². The average Bonchev–Trinajstić information content (AvgIpc) is 3.23. The minimum Gasteiger partial charge on any atom is -0.339 e. The summed E-state index contributed by atoms with van der Waals surface area (Å²) in [6.07, 6.45) is 3.43. The van der Waals surface area contributed by atoms with Crippen molar-refractivity contribution in [2.24, 2.45) is 0 Å². The number of rotatable bonds is 3. The van der Waals surface area contributed by atoms with Crippen LogP contribution < -0.4 is 5.32 Å². The number of nitrogens with zero attached hydrogens (tertiary/aromatic N) is 3. The average molecular weight is 286 g/mol. The minimum atomic E-state index is -0.424. The number of fused-ring (bicyclic) bond motifs is 2. The first-order valence-corrected chi connectivity index (χ1v) is 7.05. The number of benzene rings is 1. The largest absolute Gasteiger partial charge is 0.339 e. The highest BCUT2D eigenvalue weighted by molar-refractivity contribution is 5.56. The zero-order chi connectivity index (χ0) is 14.4. The van der Waals surface area contributed by atoms with Crippen LogP contribution in [-0.2, 0) is 0 Å². The molecule has 2 aromatic rings. The molecule has 0 aliphatic carbocycles. The van der Waals surface area contributed by atoms with Crippen LogP contribution in [0.2, 0.25) is 0 Å². The van der Waals surface area contributed by atoms with Crippen molar-refractivity contribution >= 4 is 5.69 Å². The summed E-state index contributed by atoms with van der Waals surface area (Å²) in [6.45, 7) is 0. The van der Waals surface area contributed by atoms with E-state index in [-0.39, 0.29) is 5.69 Å². The Morgan fingerprint density at radius 3 is 2.71 bits per heavy atom. The molecule has 1 aromatic heterocycles. The number of nitro benzene ring substituents is 1. The maximum atomic E-state index is 10.6. The summed E-state index contributed by atoms with van der Waals surface area (Å²) in [5.41, 5.74) is 0.784. The number of nitrogens with one attached hydrogen (secondary N) is 1. The lowest BCUT2D eigenvalue weighted by molar-refractivity contribution is -0.384. The number of aromatic nitrogens is 2. The molecule has 108 valence electrons. The third kappa shape index (κ3) is 2.09. The van der Waals surface area contributed by atoms with Crippen LogP contribution in [0.3, 0.4) is 0 Å². The molecule has 21 heavy (non-hydrogen) atoms. The molecule has 1 aromatic carbocycles. The SMILES string of the molecule is O=[N+]([O-])c1ccc(-c2noc(C3CC4CCC3N4)n2)cc1. The van der Waals surface area contributed by atoms with E-state index in [0.29, 0.717) is 29.7 Å². The lowest BCUT2D eigenvalue weighted by atomic mass is 9.89. The van der Waals surface area contributed by atoms with Crippen LogP contribution >= 0.6 is 0 Å². The monoisotopic (exact) mass is 286 g/mol. The summed E-state index contributed by atoms with van der Waals surface area (Å²) in [5, 5.41) is 18.2. The molecular weight excluding hydrogens is 272 g/mol. The van der Waals surface area contributed by atoms with Crippen molar-refractivity contribution in [3.05, 3.63) is 40.3 Å². The predicted octanol–water partition coefficient (Wildman–Crippen LogP) is 2.25. The molecule has 0 amide bonds. The summed E-state index contributed by atoms with van der Waals surface area (Å²) < 4.78 is 5.40. The van der Waals surface area contributed by atoms with Crippen molar-refractivity contribution in [1.82, 2.24) is 15.5 Å². The molecule has 1 N–H and O–H groups in total. The fraction of sp³-hybridized carbons (Fsp3) is 0.429. The first-order valence-electron chi connectivity index (χ1n) is 7.05. The van der Waals surface area contributed by atoms with Crippen molar-refractivity contribution in [3.63, 3.8) is 0 Å². The molecule has 2 aliphatic heterocycles. The van der Waals surface area contributed by atoms with E-state index in [9.17, 15) is 10.1 Å². The number of non-ortho nitro benzene ring substituents is 1. The van der Waals surface area contributed by atoms with Crippen LogP contribution in [0.25, 0.3) is 11.4 Å². The first-order chi connectivity index (χ1) is 10.2. The Bertz CT molecular complexity index is 682. The lowest BCUT2D eigenvalue weighted by Crippen LogP contribution is -2.21. The number of nitro groups is 1. The third-order valence-corrected chi connectivity index (χ3v) is 4.40. The van der Waals surface area contributed by atoms with Crippen LogP contribution in [0.5, 0.6) is 0 Å². The standard InChI is InChI=1S/C14H14N4O3/c19-18(20)10-4-1-8(2-5-10)13-16-14(21-17-13)11-7-9-3-6-12(11)15-9/h1-2,4-5,9,11-12,15H,3,6-7H2. The summed E-state index contributed by atoms with van der Waals surface area (Å²) >= 11 is 0. The van der Waals surface area contributed by atoms with Gasteiger partial charge in [0.1, 0.15) is 0 Å². The molecule has 0 radical (unpaired) electrons. The Balaban J connectivity index is 1.58. The van der Waals surface area contributed by atoms with E-state index in [1.807, 2.05) is 0 Å². The van der Waals surface area contributed by atoms with Gasteiger partial charge in [0, 0.05) is 29.8 Å². The van der Waals surface area contributed by atoms with Crippen LogP contribution in [0.15, 0.2) is 28.8 Å². The maximum Gasteiger partial charge on any atom is 0.269 e. The van der Waals surface area contributed by atoms with E-state index in [0.717, 1.165) is 18.4 Å². The maximum absolute atomic E-state index is 10.6. The van der Waals surface area contributed by atoms with Crippen molar-refractivity contribution in [2.45, 2.75) is 37.3 Å². The Labute approximate surface area is 120 Å². The van der Waals surface area contributed by atoms with Gasteiger partial charge in [0.2, 0.25) is 11.7 Å². The predicted molar refractivity (Wildman–Crippen MR) is 73.7 cm³/mol. The fourth-order valence-electron chi connectivity index (χ4n) is 3.33. The van der Waals surface area contributed by atoms with Gasteiger partial charge in [-0.25, -0.2) is 0 Å². The Kier molecular flexibility index (Phi) is 2.75. The highest BCUT2D eigenvalue weighted by Crippen LogP contribution is 2.39. The zero-order valence-electron chi connectivity index (χ0n) is 11.2. The van der Waals surface area contributed by atoms with Gasteiger partial charge in [-0.15, -0.1) is 0 Å². The van der Waals surface area contributed by atoms with Gasteiger partial charge in [0.15, 0.2) is 0 Å². The molecule has 0 spiro atoms. The van der Waals surface area contributed by atoms with Gasteiger partial charge in [-0.05, 0) is 31.4 Å². The van der Waals surface area contributed by atoms with Gasteiger partial charge in [0.05, 0.1) is 10.8 Å². The van der Waals surface area contributed by atoms with E-state index >= 15 is 0 Å². The number of hydrogen-bond donors (Lipinski definition) is 1. The van der Waals surface area contributed by atoms with Gasteiger partial charge in [-0.3, -0.25) is 10.1 Å². The zero-order valence-corrected chi connectivity index (χ0v) is 11.2. The highest BCUT2D eigenvalue weighted by atomic mass is 16.6. The van der Waals surface area contributed by atoms with Crippen LogP contribution in [0.4, 0.5) is 5.69 Å². The highest BCUT2D eigenvalue weighted by Gasteiger charge is 2.42. The molecule has 2 bridgehead atoms. The fourth-order valence-corrected chi connectivity index (χ4v) is 3.33. The second kappa shape index (κ2) is 4.63. The van der Waals surface area contributed by atoms with Gasteiger partial charge in [-0.1, -0.05) is 5.16 Å². The van der Waals surface area contributed by atoms with Gasteiger partial charge in [-0.2, -0.15) is 4.98 Å². The molecule has 7 heteroatoms. The van der Waals surface area contributed by atoms with Gasteiger partial charge in [0.25, 0.3) is 5.69 Å². The van der Waals surface area contributed by atoms with E-state index < -0.39 is 4.92 Å². The van der Waals surface area contributed by atoms with Crippen LogP contribution in [0.1, 0.15) is 31.1 Å². The molecule has 2 fully saturated rings. The second-order valence-electron chi connectivity index (χ2n) is 5.65. The first kappa shape index (κ1) is 12.5. The molecule has 3 atom stereocenters. The van der Waals surface area contributed by atoms with Crippen LogP contribution in [0, 0.1) is 10.1 Å². The summed E-state index contributed by atoms with van der Waals surface area (Å²) in [6, 6.07) is 7.21. The Morgan fingerprint density at radius 1 is 1.29 bits per heavy atom. The molecule has 4 rings (SSSR count). The molecular formula is C14H14N4O3. The van der Waals surface area contributed by atoms with Crippen molar-refractivity contribution in [2.75, 3.05) is 0 Å². The van der Waals surface area contributed by atoms with E-state index in [1.54, 1.807) is 12.1 Å². The molecule has 7 nitrogen and oxygen atoms in total. The quantitative estimate of drug-likeness (QED) is 0.687.